The van der Waals surface area contributed by atoms with E-state index in [1.165, 1.54) is 24.4 Å². The molecule has 0 bridgehead atoms. The largest absolute Gasteiger partial charge is 0.320 e. The number of aromatic nitrogens is 2. The molecule has 1 heterocycles. The first-order valence-corrected chi connectivity index (χ1v) is 6.16. The van der Waals surface area contributed by atoms with E-state index < -0.39 is 0 Å². The number of aryl methyl sites for hydroxylation is 1. The van der Waals surface area contributed by atoms with E-state index in [2.05, 4.69) is 14.7 Å². The van der Waals surface area contributed by atoms with Crippen LogP contribution in [0.2, 0.25) is 0 Å². The Morgan fingerprint density at radius 1 is 1.46 bits per heavy atom. The van der Waals surface area contributed by atoms with Gasteiger partial charge in [0.15, 0.2) is 4.34 Å². The van der Waals surface area contributed by atoms with Crippen LogP contribution in [0.25, 0.3) is 0 Å². The lowest BCUT2D eigenvalue weighted by Gasteiger charge is -1.97. The first-order chi connectivity index (χ1) is 6.33. The van der Waals surface area contributed by atoms with Crippen LogP contribution in [-0.2, 0) is 0 Å². The van der Waals surface area contributed by atoms with Gasteiger partial charge in [-0.3, -0.25) is 0 Å². The third-order valence-electron chi connectivity index (χ3n) is 1.56. The van der Waals surface area contributed by atoms with E-state index in [-0.39, 0.29) is 0 Å². The molecule has 1 aromatic heterocycles. The first kappa shape index (κ1) is 10.9. The summed E-state index contributed by atoms with van der Waals surface area (Å²) in [6.45, 7) is 3.04. The van der Waals surface area contributed by atoms with Gasteiger partial charge in [-0.05, 0) is 44.9 Å². The number of hydrogen-bond acceptors (Lipinski definition) is 5. The van der Waals surface area contributed by atoms with Gasteiger partial charge in [-0.2, -0.15) is 4.37 Å². The summed E-state index contributed by atoms with van der Waals surface area (Å²) in [7, 11) is 1.99. The molecule has 0 aliphatic rings. The van der Waals surface area contributed by atoms with Crippen molar-refractivity contribution >= 4 is 23.3 Å². The van der Waals surface area contributed by atoms with Crippen LogP contribution < -0.4 is 5.32 Å². The van der Waals surface area contributed by atoms with Crippen LogP contribution in [0.4, 0.5) is 0 Å². The Morgan fingerprint density at radius 2 is 2.31 bits per heavy atom. The molecule has 74 valence electrons. The summed E-state index contributed by atoms with van der Waals surface area (Å²) in [4.78, 5) is 4.28. The summed E-state index contributed by atoms with van der Waals surface area (Å²) in [5.74, 6) is 2.04. The molecular weight excluding hydrogens is 202 g/mol. The summed E-state index contributed by atoms with van der Waals surface area (Å²) < 4.78 is 5.23. The molecule has 0 saturated carbocycles. The second-order valence-corrected chi connectivity index (χ2v) is 4.86. The molecule has 1 aromatic rings. The minimum Gasteiger partial charge on any atom is -0.320 e. The van der Waals surface area contributed by atoms with Crippen LogP contribution in [0, 0.1) is 6.92 Å². The Labute approximate surface area is 87.5 Å². The van der Waals surface area contributed by atoms with E-state index >= 15 is 0 Å². The Kier molecular flexibility index (Phi) is 5.34. The molecule has 0 radical (unpaired) electrons. The summed E-state index contributed by atoms with van der Waals surface area (Å²) in [6.07, 6.45) is 2.48. The van der Waals surface area contributed by atoms with E-state index in [4.69, 9.17) is 0 Å². The highest BCUT2D eigenvalue weighted by molar-refractivity contribution is 8.00. The van der Waals surface area contributed by atoms with Gasteiger partial charge < -0.3 is 5.32 Å². The van der Waals surface area contributed by atoms with Crippen LogP contribution in [0.5, 0.6) is 0 Å². The average molecular weight is 217 g/mol. The highest BCUT2D eigenvalue weighted by Gasteiger charge is 1.99. The van der Waals surface area contributed by atoms with Crippen molar-refractivity contribution in [1.29, 1.82) is 0 Å². The SMILES string of the molecule is CNCCCCSc1nc(C)ns1. The second kappa shape index (κ2) is 6.34. The molecule has 5 heteroatoms. The molecule has 0 spiro atoms. The Bertz CT molecular complexity index is 237. The van der Waals surface area contributed by atoms with Gasteiger partial charge in [-0.25, -0.2) is 4.98 Å². The van der Waals surface area contributed by atoms with Crippen molar-refractivity contribution in [3.63, 3.8) is 0 Å². The van der Waals surface area contributed by atoms with Crippen molar-refractivity contribution in [3.8, 4) is 0 Å². The molecule has 0 saturated heterocycles. The zero-order valence-corrected chi connectivity index (χ0v) is 9.67. The minimum absolute atomic E-state index is 0.891. The topological polar surface area (TPSA) is 37.8 Å². The molecule has 0 aliphatic carbocycles. The molecule has 0 unspecified atom stereocenters. The van der Waals surface area contributed by atoms with Gasteiger partial charge in [0, 0.05) is 5.75 Å². The number of hydrogen-bond donors (Lipinski definition) is 1. The maximum absolute atomic E-state index is 4.28. The fraction of sp³-hybridized carbons (Fsp3) is 0.750. The number of unbranched alkanes of at least 4 members (excludes halogenated alkanes) is 1. The molecule has 1 N–H and O–H groups in total. The van der Waals surface area contributed by atoms with Crippen LogP contribution in [0.3, 0.4) is 0 Å². The van der Waals surface area contributed by atoms with Crippen molar-refractivity contribution in [1.82, 2.24) is 14.7 Å². The summed E-state index contributed by atoms with van der Waals surface area (Å²) in [5, 5.41) is 3.14. The Balaban J connectivity index is 2.06. The highest BCUT2D eigenvalue weighted by atomic mass is 32.2. The molecule has 3 nitrogen and oxygen atoms in total. The molecule has 0 atom stereocenters. The zero-order valence-electron chi connectivity index (χ0n) is 8.04. The molecule has 0 aliphatic heterocycles. The third-order valence-corrected chi connectivity index (χ3v) is 3.57. The average Bonchev–Trinajstić information content (AvgIpc) is 2.51. The summed E-state index contributed by atoms with van der Waals surface area (Å²) in [6, 6.07) is 0. The number of thioether (sulfide) groups is 1. The van der Waals surface area contributed by atoms with E-state index in [1.54, 1.807) is 0 Å². The van der Waals surface area contributed by atoms with Gasteiger partial charge in [-0.1, -0.05) is 11.8 Å². The van der Waals surface area contributed by atoms with Crippen LogP contribution in [0.1, 0.15) is 18.7 Å². The standard InChI is InChI=1S/C8H15N3S2/c1-7-10-8(13-11-7)12-6-4-3-5-9-2/h9H,3-6H2,1-2H3. The Morgan fingerprint density at radius 3 is 2.92 bits per heavy atom. The molecular formula is C8H15N3S2. The Hall–Kier alpha value is -0.130. The van der Waals surface area contributed by atoms with Gasteiger partial charge in [0.2, 0.25) is 0 Å². The maximum atomic E-state index is 4.28. The summed E-state index contributed by atoms with van der Waals surface area (Å²) >= 11 is 3.31. The van der Waals surface area contributed by atoms with E-state index in [0.29, 0.717) is 0 Å². The van der Waals surface area contributed by atoms with Crippen molar-refractivity contribution in [2.45, 2.75) is 24.1 Å². The predicted octanol–water partition coefficient (Wildman–Crippen LogP) is 1.94. The zero-order chi connectivity index (χ0) is 9.52. The predicted molar refractivity (Wildman–Crippen MR) is 58.5 cm³/mol. The number of nitrogens with one attached hydrogen (secondary N) is 1. The molecule has 1 rings (SSSR count). The quantitative estimate of drug-likeness (QED) is 0.584. The van der Waals surface area contributed by atoms with Gasteiger partial charge in [0.1, 0.15) is 5.82 Å². The van der Waals surface area contributed by atoms with Gasteiger partial charge >= 0.3 is 0 Å². The van der Waals surface area contributed by atoms with Crippen molar-refractivity contribution < 1.29 is 0 Å². The van der Waals surface area contributed by atoms with Crippen LogP contribution in [0.15, 0.2) is 4.34 Å². The monoisotopic (exact) mass is 217 g/mol. The molecule has 0 aromatic carbocycles. The van der Waals surface area contributed by atoms with E-state index in [0.717, 1.165) is 22.5 Å². The molecule has 13 heavy (non-hydrogen) atoms. The molecule has 0 fully saturated rings. The van der Waals surface area contributed by atoms with Crippen molar-refractivity contribution in [2.75, 3.05) is 19.3 Å². The summed E-state index contributed by atoms with van der Waals surface area (Å²) in [5.41, 5.74) is 0. The fourth-order valence-corrected chi connectivity index (χ4v) is 2.62. The first-order valence-electron chi connectivity index (χ1n) is 4.40. The number of rotatable bonds is 6. The van der Waals surface area contributed by atoms with Gasteiger partial charge in [0.25, 0.3) is 0 Å². The lowest BCUT2D eigenvalue weighted by molar-refractivity contribution is 0.715. The van der Waals surface area contributed by atoms with Crippen LogP contribution >= 0.6 is 23.3 Å². The normalized spacial score (nSPS) is 10.6. The lowest BCUT2D eigenvalue weighted by atomic mass is 10.3. The lowest BCUT2D eigenvalue weighted by Crippen LogP contribution is -2.07. The van der Waals surface area contributed by atoms with E-state index in [9.17, 15) is 0 Å². The van der Waals surface area contributed by atoms with Gasteiger partial charge in [-0.15, -0.1) is 0 Å². The van der Waals surface area contributed by atoms with Crippen molar-refractivity contribution in [3.05, 3.63) is 5.82 Å². The highest BCUT2D eigenvalue weighted by Crippen LogP contribution is 2.20. The minimum atomic E-state index is 0.891. The molecule has 0 amide bonds. The maximum Gasteiger partial charge on any atom is 0.170 e. The smallest absolute Gasteiger partial charge is 0.170 e. The van der Waals surface area contributed by atoms with E-state index in [1.807, 2.05) is 25.7 Å². The van der Waals surface area contributed by atoms with Gasteiger partial charge in [0.05, 0.1) is 0 Å². The van der Waals surface area contributed by atoms with Crippen LogP contribution in [-0.4, -0.2) is 28.7 Å². The fourth-order valence-electron chi connectivity index (χ4n) is 0.900. The number of nitrogens with zero attached hydrogens (tertiary/aromatic N) is 2. The third kappa shape index (κ3) is 4.59. The van der Waals surface area contributed by atoms with Crippen molar-refractivity contribution in [2.24, 2.45) is 0 Å². The second-order valence-electron chi connectivity index (χ2n) is 2.77.